The SMILES string of the molecule is CCC(c1ccc(O)cc1)N1CCCC1C1CCCC1. The number of aromatic hydroxyl groups is 1. The normalized spacial score (nSPS) is 26.1. The van der Waals surface area contributed by atoms with Crippen molar-refractivity contribution in [1.29, 1.82) is 0 Å². The first-order valence-corrected chi connectivity index (χ1v) is 8.34. The quantitative estimate of drug-likeness (QED) is 0.873. The maximum atomic E-state index is 9.49. The van der Waals surface area contributed by atoms with Gasteiger partial charge in [0.15, 0.2) is 0 Å². The van der Waals surface area contributed by atoms with Crippen molar-refractivity contribution in [2.45, 2.75) is 64.0 Å². The fourth-order valence-electron chi connectivity index (χ4n) is 4.41. The fraction of sp³-hybridized carbons (Fsp3) is 0.667. The fourth-order valence-corrected chi connectivity index (χ4v) is 4.41. The first-order chi connectivity index (χ1) is 9.79. The molecule has 2 fully saturated rings. The van der Waals surface area contributed by atoms with E-state index in [9.17, 15) is 5.11 Å². The molecule has 1 aromatic rings. The molecule has 0 amide bonds. The Hall–Kier alpha value is -1.02. The molecule has 2 atom stereocenters. The highest BCUT2D eigenvalue weighted by Crippen LogP contribution is 2.40. The second-order valence-corrected chi connectivity index (χ2v) is 6.51. The molecule has 1 aliphatic carbocycles. The van der Waals surface area contributed by atoms with E-state index in [-0.39, 0.29) is 0 Å². The lowest BCUT2D eigenvalue weighted by Gasteiger charge is -2.36. The Morgan fingerprint density at radius 1 is 1.10 bits per heavy atom. The van der Waals surface area contributed by atoms with Gasteiger partial charge in [-0.2, -0.15) is 0 Å². The van der Waals surface area contributed by atoms with Crippen LogP contribution >= 0.6 is 0 Å². The molecule has 0 radical (unpaired) electrons. The van der Waals surface area contributed by atoms with E-state index in [1.807, 2.05) is 12.1 Å². The Morgan fingerprint density at radius 3 is 2.45 bits per heavy atom. The van der Waals surface area contributed by atoms with Crippen LogP contribution in [0.1, 0.15) is 63.5 Å². The van der Waals surface area contributed by atoms with Gasteiger partial charge in [-0.15, -0.1) is 0 Å². The maximum absolute atomic E-state index is 9.49. The van der Waals surface area contributed by atoms with Crippen LogP contribution in [0.25, 0.3) is 0 Å². The Labute approximate surface area is 122 Å². The zero-order valence-corrected chi connectivity index (χ0v) is 12.6. The Bertz CT molecular complexity index is 422. The van der Waals surface area contributed by atoms with Gasteiger partial charge in [0.05, 0.1) is 0 Å². The van der Waals surface area contributed by atoms with Crippen molar-refractivity contribution < 1.29 is 5.11 Å². The second-order valence-electron chi connectivity index (χ2n) is 6.51. The van der Waals surface area contributed by atoms with Crippen molar-refractivity contribution in [1.82, 2.24) is 4.90 Å². The summed E-state index contributed by atoms with van der Waals surface area (Å²) in [5, 5.41) is 9.49. The molecule has 1 N–H and O–H groups in total. The molecule has 2 unspecified atom stereocenters. The summed E-state index contributed by atoms with van der Waals surface area (Å²) in [6.07, 6.45) is 9.65. The summed E-state index contributed by atoms with van der Waals surface area (Å²) in [5.41, 5.74) is 1.37. The number of hydrogen-bond acceptors (Lipinski definition) is 2. The van der Waals surface area contributed by atoms with E-state index in [4.69, 9.17) is 0 Å². The lowest BCUT2D eigenvalue weighted by atomic mass is 9.93. The van der Waals surface area contributed by atoms with E-state index < -0.39 is 0 Å². The largest absolute Gasteiger partial charge is 0.508 e. The first-order valence-electron chi connectivity index (χ1n) is 8.34. The predicted molar refractivity (Wildman–Crippen MR) is 82.8 cm³/mol. The third-order valence-corrected chi connectivity index (χ3v) is 5.35. The molecule has 0 aromatic heterocycles. The lowest BCUT2D eigenvalue weighted by Crippen LogP contribution is -2.37. The number of nitrogens with zero attached hydrogens (tertiary/aromatic N) is 1. The minimum Gasteiger partial charge on any atom is -0.508 e. The van der Waals surface area contributed by atoms with Gasteiger partial charge < -0.3 is 5.11 Å². The molecule has 110 valence electrons. The highest BCUT2D eigenvalue weighted by molar-refractivity contribution is 5.28. The summed E-state index contributed by atoms with van der Waals surface area (Å²) >= 11 is 0. The van der Waals surface area contributed by atoms with Crippen molar-refractivity contribution in [3.05, 3.63) is 29.8 Å². The van der Waals surface area contributed by atoms with Gasteiger partial charge >= 0.3 is 0 Å². The summed E-state index contributed by atoms with van der Waals surface area (Å²) in [4.78, 5) is 2.77. The van der Waals surface area contributed by atoms with Crippen LogP contribution in [0.5, 0.6) is 5.75 Å². The molecule has 3 rings (SSSR count). The minimum absolute atomic E-state index is 0.373. The van der Waals surface area contributed by atoms with Gasteiger partial charge in [-0.25, -0.2) is 0 Å². The van der Waals surface area contributed by atoms with E-state index in [1.54, 1.807) is 0 Å². The van der Waals surface area contributed by atoms with Crippen LogP contribution in [0.4, 0.5) is 0 Å². The van der Waals surface area contributed by atoms with E-state index in [1.165, 1.54) is 50.6 Å². The molecular weight excluding hydrogens is 246 g/mol. The van der Waals surface area contributed by atoms with Crippen molar-refractivity contribution in [2.24, 2.45) is 5.92 Å². The van der Waals surface area contributed by atoms with Gasteiger partial charge in [-0.1, -0.05) is 31.9 Å². The number of benzene rings is 1. The summed E-state index contributed by atoms with van der Waals surface area (Å²) in [7, 11) is 0. The number of phenols is 1. The average Bonchev–Trinajstić information content (AvgIpc) is 3.12. The first kappa shape index (κ1) is 13.9. The van der Waals surface area contributed by atoms with Crippen LogP contribution < -0.4 is 0 Å². The van der Waals surface area contributed by atoms with Gasteiger partial charge in [0, 0.05) is 12.1 Å². The lowest BCUT2D eigenvalue weighted by molar-refractivity contribution is 0.131. The Morgan fingerprint density at radius 2 is 1.80 bits per heavy atom. The molecule has 2 nitrogen and oxygen atoms in total. The Kier molecular flexibility index (Phi) is 4.30. The highest BCUT2D eigenvalue weighted by atomic mass is 16.3. The highest BCUT2D eigenvalue weighted by Gasteiger charge is 2.36. The van der Waals surface area contributed by atoms with E-state index in [0.717, 1.165) is 18.4 Å². The molecule has 1 saturated heterocycles. The maximum Gasteiger partial charge on any atom is 0.115 e. The molecular formula is C18H27NO. The van der Waals surface area contributed by atoms with Gasteiger partial charge in [-0.3, -0.25) is 4.90 Å². The topological polar surface area (TPSA) is 23.5 Å². The van der Waals surface area contributed by atoms with E-state index >= 15 is 0 Å². The summed E-state index contributed by atoms with van der Waals surface area (Å²) in [6.45, 7) is 3.54. The van der Waals surface area contributed by atoms with Crippen LogP contribution in [-0.2, 0) is 0 Å². The number of hydrogen-bond donors (Lipinski definition) is 1. The predicted octanol–water partition coefficient (Wildman–Crippen LogP) is 4.50. The smallest absolute Gasteiger partial charge is 0.115 e. The van der Waals surface area contributed by atoms with Crippen molar-refractivity contribution in [2.75, 3.05) is 6.54 Å². The van der Waals surface area contributed by atoms with Crippen LogP contribution in [0.3, 0.4) is 0 Å². The molecule has 1 aliphatic heterocycles. The van der Waals surface area contributed by atoms with Gasteiger partial charge in [0.1, 0.15) is 5.75 Å². The van der Waals surface area contributed by atoms with E-state index in [2.05, 4.69) is 24.0 Å². The van der Waals surface area contributed by atoms with Gasteiger partial charge in [-0.05, 0) is 62.3 Å². The summed E-state index contributed by atoms with van der Waals surface area (Å²) in [5.74, 6) is 1.31. The molecule has 1 heterocycles. The Balaban J connectivity index is 1.78. The molecule has 2 aliphatic rings. The van der Waals surface area contributed by atoms with Crippen LogP contribution in [0.15, 0.2) is 24.3 Å². The van der Waals surface area contributed by atoms with Crippen molar-refractivity contribution in [3.8, 4) is 5.75 Å². The molecule has 2 heteroatoms. The van der Waals surface area contributed by atoms with Gasteiger partial charge in [0.25, 0.3) is 0 Å². The molecule has 0 spiro atoms. The van der Waals surface area contributed by atoms with Crippen molar-refractivity contribution in [3.63, 3.8) is 0 Å². The monoisotopic (exact) mass is 273 g/mol. The van der Waals surface area contributed by atoms with E-state index in [0.29, 0.717) is 11.8 Å². The second kappa shape index (κ2) is 6.17. The minimum atomic E-state index is 0.373. The molecule has 0 bridgehead atoms. The zero-order chi connectivity index (χ0) is 13.9. The zero-order valence-electron chi connectivity index (χ0n) is 12.6. The van der Waals surface area contributed by atoms with Crippen LogP contribution in [0, 0.1) is 5.92 Å². The van der Waals surface area contributed by atoms with Crippen LogP contribution in [-0.4, -0.2) is 22.6 Å². The van der Waals surface area contributed by atoms with Crippen LogP contribution in [0.2, 0.25) is 0 Å². The number of phenolic OH excluding ortho intramolecular Hbond substituents is 1. The third-order valence-electron chi connectivity index (χ3n) is 5.35. The molecule has 1 aromatic carbocycles. The number of rotatable bonds is 4. The molecule has 20 heavy (non-hydrogen) atoms. The third kappa shape index (κ3) is 2.71. The summed E-state index contributed by atoms with van der Waals surface area (Å²) < 4.78 is 0. The van der Waals surface area contributed by atoms with Gasteiger partial charge in [0.2, 0.25) is 0 Å². The summed E-state index contributed by atoms with van der Waals surface area (Å²) in [6, 6.07) is 9.21. The number of likely N-dealkylation sites (tertiary alicyclic amines) is 1. The van der Waals surface area contributed by atoms with Crippen molar-refractivity contribution >= 4 is 0 Å². The standard InChI is InChI=1S/C18H27NO/c1-2-17(15-9-11-16(20)12-10-15)19-13-5-8-18(19)14-6-3-4-7-14/h9-12,14,17-18,20H,2-8,13H2,1H3. The molecule has 1 saturated carbocycles. The average molecular weight is 273 g/mol.